The number of hydrogen-bond acceptors (Lipinski definition) is 1. The third kappa shape index (κ3) is 3.10. The molecule has 3 unspecified atom stereocenters. The van der Waals surface area contributed by atoms with E-state index in [1.54, 1.807) is 0 Å². The van der Waals surface area contributed by atoms with Gasteiger partial charge in [0.1, 0.15) is 0 Å². The van der Waals surface area contributed by atoms with Gasteiger partial charge in [-0.1, -0.05) is 43.7 Å². The Morgan fingerprint density at radius 3 is 2.82 bits per heavy atom. The van der Waals surface area contributed by atoms with Gasteiger partial charge in [-0.15, -0.1) is 0 Å². The van der Waals surface area contributed by atoms with Crippen molar-refractivity contribution in [3.05, 3.63) is 35.4 Å². The Balaban J connectivity index is 1.96. The average Bonchev–Trinajstić information content (AvgIpc) is 2.62. The monoisotopic (exact) mass is 231 g/mol. The van der Waals surface area contributed by atoms with Crippen molar-refractivity contribution in [2.45, 2.75) is 46.1 Å². The lowest BCUT2D eigenvalue weighted by atomic mass is 9.89. The van der Waals surface area contributed by atoms with Gasteiger partial charge in [0.25, 0.3) is 0 Å². The van der Waals surface area contributed by atoms with Gasteiger partial charge < -0.3 is 5.32 Å². The molecule has 0 bridgehead atoms. The van der Waals surface area contributed by atoms with Gasteiger partial charge in [-0.05, 0) is 50.1 Å². The molecule has 0 aliphatic heterocycles. The van der Waals surface area contributed by atoms with Crippen molar-refractivity contribution >= 4 is 0 Å². The van der Waals surface area contributed by atoms with Gasteiger partial charge in [0.15, 0.2) is 0 Å². The summed E-state index contributed by atoms with van der Waals surface area (Å²) in [6.45, 7) is 7.91. The molecule has 1 saturated carbocycles. The summed E-state index contributed by atoms with van der Waals surface area (Å²) < 4.78 is 0. The highest BCUT2D eigenvalue weighted by Crippen LogP contribution is 2.34. The average molecular weight is 231 g/mol. The summed E-state index contributed by atoms with van der Waals surface area (Å²) in [4.78, 5) is 0. The minimum atomic E-state index is 0.745. The maximum Gasteiger partial charge on any atom is 0.00954 e. The Kier molecular flexibility index (Phi) is 4.22. The van der Waals surface area contributed by atoms with Crippen molar-refractivity contribution in [1.29, 1.82) is 0 Å². The second-order valence-corrected chi connectivity index (χ2v) is 5.55. The molecule has 0 amide bonds. The molecule has 0 spiro atoms. The number of aryl methyl sites for hydroxylation is 1. The quantitative estimate of drug-likeness (QED) is 0.835. The highest BCUT2D eigenvalue weighted by atomic mass is 14.9. The molecule has 17 heavy (non-hydrogen) atoms. The van der Waals surface area contributed by atoms with Gasteiger partial charge >= 0.3 is 0 Å². The summed E-state index contributed by atoms with van der Waals surface area (Å²) in [5.74, 6) is 1.68. The van der Waals surface area contributed by atoms with Crippen LogP contribution < -0.4 is 5.32 Å². The van der Waals surface area contributed by atoms with Crippen LogP contribution in [-0.4, -0.2) is 12.6 Å². The van der Waals surface area contributed by atoms with Crippen LogP contribution in [0.1, 0.15) is 37.8 Å². The molecule has 3 atom stereocenters. The molecule has 1 N–H and O–H groups in total. The molecule has 1 aliphatic rings. The summed E-state index contributed by atoms with van der Waals surface area (Å²) in [6, 6.07) is 9.73. The van der Waals surface area contributed by atoms with Crippen LogP contribution in [0.5, 0.6) is 0 Å². The summed E-state index contributed by atoms with van der Waals surface area (Å²) in [5, 5.41) is 3.62. The maximum atomic E-state index is 3.62. The van der Waals surface area contributed by atoms with Crippen LogP contribution >= 0.6 is 0 Å². The topological polar surface area (TPSA) is 12.0 Å². The highest BCUT2D eigenvalue weighted by molar-refractivity contribution is 5.22. The van der Waals surface area contributed by atoms with E-state index in [1.807, 2.05) is 0 Å². The van der Waals surface area contributed by atoms with Crippen LogP contribution in [0.2, 0.25) is 0 Å². The Hall–Kier alpha value is -0.820. The van der Waals surface area contributed by atoms with Crippen molar-refractivity contribution in [3.63, 3.8) is 0 Å². The molecule has 0 aromatic heterocycles. The number of hydrogen-bond donors (Lipinski definition) is 1. The molecule has 2 rings (SSSR count). The van der Waals surface area contributed by atoms with Crippen LogP contribution in [0.15, 0.2) is 24.3 Å². The summed E-state index contributed by atoms with van der Waals surface area (Å²) >= 11 is 0. The lowest BCUT2D eigenvalue weighted by molar-refractivity contribution is 0.355. The fourth-order valence-corrected chi connectivity index (χ4v) is 3.23. The molecule has 1 aromatic carbocycles. The molecule has 1 fully saturated rings. The first-order valence-electron chi connectivity index (χ1n) is 6.99. The zero-order valence-electron chi connectivity index (χ0n) is 11.4. The summed E-state index contributed by atoms with van der Waals surface area (Å²) in [5.41, 5.74) is 2.90. The molecule has 1 aromatic rings. The lowest BCUT2D eigenvalue weighted by Gasteiger charge is -2.21. The van der Waals surface area contributed by atoms with E-state index in [2.05, 4.69) is 50.4 Å². The first-order valence-corrected chi connectivity index (χ1v) is 6.99. The van der Waals surface area contributed by atoms with Gasteiger partial charge in [0.2, 0.25) is 0 Å². The van der Waals surface area contributed by atoms with E-state index in [1.165, 1.54) is 30.4 Å². The molecule has 94 valence electrons. The second kappa shape index (κ2) is 5.68. The van der Waals surface area contributed by atoms with E-state index in [-0.39, 0.29) is 0 Å². The standard InChI is InChI=1S/C16H25N/c1-4-17-16-9-8-15(13(16)3)11-14-7-5-6-12(2)10-14/h5-7,10,13,15-17H,4,8-9,11H2,1-3H3. The van der Waals surface area contributed by atoms with Crippen molar-refractivity contribution in [2.75, 3.05) is 6.54 Å². The second-order valence-electron chi connectivity index (χ2n) is 5.55. The van der Waals surface area contributed by atoms with E-state index >= 15 is 0 Å². The van der Waals surface area contributed by atoms with Crippen LogP contribution in [-0.2, 0) is 6.42 Å². The predicted molar refractivity (Wildman–Crippen MR) is 74.2 cm³/mol. The molecule has 0 heterocycles. The molecule has 1 nitrogen and oxygen atoms in total. The summed E-state index contributed by atoms with van der Waals surface area (Å²) in [7, 11) is 0. The van der Waals surface area contributed by atoms with Crippen molar-refractivity contribution in [2.24, 2.45) is 11.8 Å². The van der Waals surface area contributed by atoms with Gasteiger partial charge in [0.05, 0.1) is 0 Å². The third-order valence-electron chi connectivity index (χ3n) is 4.27. The molecule has 1 aliphatic carbocycles. The maximum absolute atomic E-state index is 3.62. The molecular weight excluding hydrogens is 206 g/mol. The van der Waals surface area contributed by atoms with Gasteiger partial charge in [-0.3, -0.25) is 0 Å². The van der Waals surface area contributed by atoms with Gasteiger partial charge in [-0.2, -0.15) is 0 Å². The zero-order valence-corrected chi connectivity index (χ0v) is 11.4. The zero-order chi connectivity index (χ0) is 12.3. The molecule has 0 saturated heterocycles. The van der Waals surface area contributed by atoms with E-state index in [9.17, 15) is 0 Å². The third-order valence-corrected chi connectivity index (χ3v) is 4.27. The first kappa shape index (κ1) is 12.6. The SMILES string of the molecule is CCNC1CCC(Cc2cccc(C)c2)C1C. The van der Waals surface area contributed by atoms with Crippen molar-refractivity contribution < 1.29 is 0 Å². The van der Waals surface area contributed by atoms with E-state index in [0.717, 1.165) is 24.4 Å². The van der Waals surface area contributed by atoms with E-state index < -0.39 is 0 Å². The van der Waals surface area contributed by atoms with E-state index in [0.29, 0.717) is 0 Å². The van der Waals surface area contributed by atoms with Crippen LogP contribution in [0.4, 0.5) is 0 Å². The number of benzene rings is 1. The first-order chi connectivity index (χ1) is 8.20. The molecule has 0 radical (unpaired) electrons. The normalized spacial score (nSPS) is 28.5. The van der Waals surface area contributed by atoms with Crippen LogP contribution in [0.25, 0.3) is 0 Å². The Morgan fingerprint density at radius 2 is 2.12 bits per heavy atom. The molecule has 1 heteroatoms. The largest absolute Gasteiger partial charge is 0.314 e. The van der Waals surface area contributed by atoms with Gasteiger partial charge in [-0.25, -0.2) is 0 Å². The minimum absolute atomic E-state index is 0.745. The smallest absolute Gasteiger partial charge is 0.00954 e. The predicted octanol–water partition coefficient (Wildman–Crippen LogP) is 3.56. The number of nitrogens with one attached hydrogen (secondary N) is 1. The fourth-order valence-electron chi connectivity index (χ4n) is 3.23. The Labute approximate surface area is 106 Å². The van der Waals surface area contributed by atoms with Crippen molar-refractivity contribution in [1.82, 2.24) is 5.32 Å². The summed E-state index contributed by atoms with van der Waals surface area (Å²) in [6.07, 6.45) is 3.99. The highest BCUT2D eigenvalue weighted by Gasteiger charge is 2.31. The minimum Gasteiger partial charge on any atom is -0.314 e. The van der Waals surface area contributed by atoms with E-state index in [4.69, 9.17) is 0 Å². The van der Waals surface area contributed by atoms with Crippen molar-refractivity contribution in [3.8, 4) is 0 Å². The Morgan fingerprint density at radius 1 is 1.29 bits per heavy atom. The number of rotatable bonds is 4. The fraction of sp³-hybridized carbons (Fsp3) is 0.625. The van der Waals surface area contributed by atoms with Gasteiger partial charge in [0, 0.05) is 6.04 Å². The lowest BCUT2D eigenvalue weighted by Crippen LogP contribution is -2.32. The van der Waals surface area contributed by atoms with Crippen LogP contribution in [0.3, 0.4) is 0 Å². The molecular formula is C16H25N. The van der Waals surface area contributed by atoms with Crippen LogP contribution in [0, 0.1) is 18.8 Å². The Bertz CT molecular complexity index is 358.